The van der Waals surface area contributed by atoms with Gasteiger partial charge in [0.1, 0.15) is 11.5 Å². The molecule has 4 N–H and O–H groups in total. The highest BCUT2D eigenvalue weighted by Crippen LogP contribution is 2.31. The smallest absolute Gasteiger partial charge is 0.224 e. The Bertz CT molecular complexity index is 916. The predicted molar refractivity (Wildman–Crippen MR) is 107 cm³/mol. The number of amides is 1. The standard InChI is InChI=1S/C21H25N3O3/c1-26-17-12-19-18(20(13-17)27-2)11-16(24-19)4-3-9-23-21(25)10-14-5-7-15(22)8-6-14/h5-8,11-13,24H,3-4,9-10,22H2,1-2H3,(H,23,25). The number of H-pyrrole nitrogens is 1. The van der Waals surface area contributed by atoms with Crippen molar-refractivity contribution in [1.29, 1.82) is 0 Å². The number of aromatic nitrogens is 1. The van der Waals surface area contributed by atoms with Crippen molar-refractivity contribution in [2.45, 2.75) is 19.3 Å². The van der Waals surface area contributed by atoms with Crippen LogP contribution in [0.2, 0.25) is 0 Å². The Hall–Kier alpha value is -3.15. The molecule has 3 aromatic rings. The van der Waals surface area contributed by atoms with Gasteiger partial charge in [-0.3, -0.25) is 4.79 Å². The van der Waals surface area contributed by atoms with Crippen LogP contribution in [-0.2, 0) is 17.6 Å². The van der Waals surface area contributed by atoms with E-state index in [1.54, 1.807) is 14.2 Å². The van der Waals surface area contributed by atoms with Gasteiger partial charge in [-0.05, 0) is 36.6 Å². The van der Waals surface area contributed by atoms with Gasteiger partial charge in [0.15, 0.2) is 0 Å². The van der Waals surface area contributed by atoms with Crippen LogP contribution in [0.1, 0.15) is 17.7 Å². The number of carbonyl (C=O) groups excluding carboxylic acids is 1. The van der Waals surface area contributed by atoms with Crippen molar-refractivity contribution >= 4 is 22.5 Å². The van der Waals surface area contributed by atoms with Crippen LogP contribution >= 0.6 is 0 Å². The van der Waals surface area contributed by atoms with Crippen LogP contribution in [0.4, 0.5) is 5.69 Å². The molecule has 6 nitrogen and oxygen atoms in total. The van der Waals surface area contributed by atoms with Gasteiger partial charge in [0.2, 0.25) is 5.91 Å². The Morgan fingerprint density at radius 1 is 1.11 bits per heavy atom. The second kappa shape index (κ2) is 8.49. The maximum Gasteiger partial charge on any atom is 0.224 e. The molecule has 0 saturated heterocycles. The molecule has 1 heterocycles. The maximum atomic E-state index is 12.0. The van der Waals surface area contributed by atoms with Gasteiger partial charge in [0.25, 0.3) is 0 Å². The van der Waals surface area contributed by atoms with Gasteiger partial charge in [-0.2, -0.15) is 0 Å². The summed E-state index contributed by atoms with van der Waals surface area (Å²) in [4.78, 5) is 15.4. The number of aryl methyl sites for hydroxylation is 1. The number of hydrogen-bond acceptors (Lipinski definition) is 4. The zero-order valence-electron chi connectivity index (χ0n) is 15.7. The van der Waals surface area contributed by atoms with Crippen molar-refractivity contribution in [2.24, 2.45) is 0 Å². The summed E-state index contributed by atoms with van der Waals surface area (Å²) in [7, 11) is 3.29. The molecule has 0 bridgehead atoms. The van der Waals surface area contributed by atoms with E-state index in [4.69, 9.17) is 15.2 Å². The summed E-state index contributed by atoms with van der Waals surface area (Å²) in [5, 5.41) is 3.99. The molecule has 0 atom stereocenters. The molecule has 27 heavy (non-hydrogen) atoms. The summed E-state index contributed by atoms with van der Waals surface area (Å²) in [6, 6.07) is 13.3. The fourth-order valence-electron chi connectivity index (χ4n) is 3.05. The first kappa shape index (κ1) is 18.6. The van der Waals surface area contributed by atoms with Crippen molar-refractivity contribution in [1.82, 2.24) is 10.3 Å². The third-order valence-corrected chi connectivity index (χ3v) is 4.47. The number of fused-ring (bicyclic) bond motifs is 1. The van der Waals surface area contributed by atoms with Gasteiger partial charge in [-0.15, -0.1) is 0 Å². The Morgan fingerprint density at radius 2 is 1.89 bits per heavy atom. The van der Waals surface area contributed by atoms with Gasteiger partial charge < -0.3 is 25.5 Å². The molecule has 2 aromatic carbocycles. The van der Waals surface area contributed by atoms with Crippen molar-refractivity contribution in [3.63, 3.8) is 0 Å². The molecule has 0 unspecified atom stereocenters. The van der Waals surface area contributed by atoms with Crippen molar-refractivity contribution < 1.29 is 14.3 Å². The minimum absolute atomic E-state index is 0.0165. The third kappa shape index (κ3) is 4.73. The number of anilines is 1. The second-order valence-electron chi connectivity index (χ2n) is 6.46. The van der Waals surface area contributed by atoms with E-state index < -0.39 is 0 Å². The molecular weight excluding hydrogens is 342 g/mol. The molecular formula is C21H25N3O3. The maximum absolute atomic E-state index is 12.0. The van der Waals surface area contributed by atoms with Gasteiger partial charge >= 0.3 is 0 Å². The number of nitrogens with two attached hydrogens (primary N) is 1. The molecule has 0 radical (unpaired) electrons. The lowest BCUT2D eigenvalue weighted by Gasteiger charge is -2.05. The Labute approximate surface area is 158 Å². The van der Waals surface area contributed by atoms with Crippen molar-refractivity contribution in [3.05, 3.63) is 53.7 Å². The fraction of sp³-hybridized carbons (Fsp3) is 0.286. The van der Waals surface area contributed by atoms with E-state index >= 15 is 0 Å². The zero-order chi connectivity index (χ0) is 19.2. The number of rotatable bonds is 8. The predicted octanol–water partition coefficient (Wildman–Crippen LogP) is 3.06. The topological polar surface area (TPSA) is 89.4 Å². The zero-order valence-corrected chi connectivity index (χ0v) is 15.7. The lowest BCUT2D eigenvalue weighted by atomic mass is 10.1. The van der Waals surface area contributed by atoms with Crippen LogP contribution in [0.5, 0.6) is 11.5 Å². The SMILES string of the molecule is COc1cc(OC)c2cc(CCCNC(=O)Cc3ccc(N)cc3)[nH]c2c1. The van der Waals surface area contributed by atoms with E-state index in [1.165, 1.54) is 0 Å². The monoisotopic (exact) mass is 367 g/mol. The second-order valence-corrected chi connectivity index (χ2v) is 6.46. The minimum atomic E-state index is 0.0165. The summed E-state index contributed by atoms with van der Waals surface area (Å²) in [5.41, 5.74) is 9.39. The van der Waals surface area contributed by atoms with E-state index in [-0.39, 0.29) is 5.91 Å². The summed E-state index contributed by atoms with van der Waals surface area (Å²) >= 11 is 0. The largest absolute Gasteiger partial charge is 0.497 e. The van der Waals surface area contributed by atoms with Gasteiger partial charge in [0, 0.05) is 35.4 Å². The lowest BCUT2D eigenvalue weighted by molar-refractivity contribution is -0.120. The molecule has 3 rings (SSSR count). The highest BCUT2D eigenvalue weighted by molar-refractivity contribution is 5.88. The number of methoxy groups -OCH3 is 2. The number of nitrogens with one attached hydrogen (secondary N) is 2. The molecule has 0 fully saturated rings. The van der Waals surface area contributed by atoms with E-state index in [9.17, 15) is 4.79 Å². The van der Waals surface area contributed by atoms with E-state index in [0.29, 0.717) is 18.7 Å². The van der Waals surface area contributed by atoms with Crippen LogP contribution in [0.25, 0.3) is 10.9 Å². The number of benzene rings is 2. The molecule has 142 valence electrons. The normalized spacial score (nSPS) is 10.7. The fourth-order valence-corrected chi connectivity index (χ4v) is 3.05. The average molecular weight is 367 g/mol. The average Bonchev–Trinajstić information content (AvgIpc) is 3.09. The summed E-state index contributed by atoms with van der Waals surface area (Å²) in [6.07, 6.45) is 2.05. The quantitative estimate of drug-likeness (QED) is 0.422. The molecule has 0 saturated carbocycles. The Kier molecular flexibility index (Phi) is 5.86. The molecule has 0 aliphatic heterocycles. The van der Waals surface area contributed by atoms with Crippen LogP contribution in [-0.4, -0.2) is 31.7 Å². The number of carbonyl (C=O) groups is 1. The molecule has 6 heteroatoms. The highest BCUT2D eigenvalue weighted by atomic mass is 16.5. The van der Waals surface area contributed by atoms with E-state index in [1.807, 2.05) is 36.4 Å². The third-order valence-electron chi connectivity index (χ3n) is 4.47. The molecule has 0 aliphatic rings. The summed E-state index contributed by atoms with van der Waals surface area (Å²) in [5.74, 6) is 1.55. The van der Waals surface area contributed by atoms with E-state index in [2.05, 4.69) is 16.4 Å². The summed E-state index contributed by atoms with van der Waals surface area (Å²) < 4.78 is 10.7. The van der Waals surface area contributed by atoms with Gasteiger partial charge in [0.05, 0.1) is 26.2 Å². The molecule has 0 spiro atoms. The first-order valence-electron chi connectivity index (χ1n) is 8.94. The number of hydrogen-bond donors (Lipinski definition) is 3. The number of nitrogen functional groups attached to an aromatic ring is 1. The highest BCUT2D eigenvalue weighted by Gasteiger charge is 2.09. The summed E-state index contributed by atoms with van der Waals surface area (Å²) in [6.45, 7) is 0.629. The lowest BCUT2D eigenvalue weighted by Crippen LogP contribution is -2.26. The van der Waals surface area contributed by atoms with Crippen LogP contribution < -0.4 is 20.5 Å². The van der Waals surface area contributed by atoms with Gasteiger partial charge in [-0.1, -0.05) is 12.1 Å². The first-order valence-corrected chi connectivity index (χ1v) is 8.94. The minimum Gasteiger partial charge on any atom is -0.497 e. The number of ether oxygens (including phenoxy) is 2. The van der Waals surface area contributed by atoms with Crippen LogP contribution in [0, 0.1) is 0 Å². The van der Waals surface area contributed by atoms with Crippen molar-refractivity contribution in [2.75, 3.05) is 26.5 Å². The molecule has 1 aromatic heterocycles. The van der Waals surface area contributed by atoms with Crippen LogP contribution in [0.15, 0.2) is 42.5 Å². The first-order chi connectivity index (χ1) is 13.1. The Balaban J connectivity index is 1.51. The van der Waals surface area contributed by atoms with Gasteiger partial charge in [-0.25, -0.2) is 0 Å². The van der Waals surface area contributed by atoms with Crippen LogP contribution in [0.3, 0.4) is 0 Å². The molecule has 0 aliphatic carbocycles. The molecule has 1 amide bonds. The van der Waals surface area contributed by atoms with Crippen molar-refractivity contribution in [3.8, 4) is 11.5 Å². The number of aromatic amines is 1. The Morgan fingerprint density at radius 3 is 2.59 bits per heavy atom. The van der Waals surface area contributed by atoms with E-state index in [0.717, 1.165) is 46.5 Å².